The topological polar surface area (TPSA) is 89.5 Å². The maximum atomic E-state index is 13.7. The van der Waals surface area contributed by atoms with Crippen molar-refractivity contribution in [2.75, 3.05) is 27.4 Å². The van der Waals surface area contributed by atoms with Gasteiger partial charge in [0, 0.05) is 27.4 Å². The molecule has 2 aliphatic heterocycles. The van der Waals surface area contributed by atoms with Crippen molar-refractivity contribution in [1.29, 1.82) is 0 Å². The van der Waals surface area contributed by atoms with Crippen LogP contribution >= 0.6 is 0 Å². The summed E-state index contributed by atoms with van der Waals surface area (Å²) < 4.78 is 34.6. The summed E-state index contributed by atoms with van der Waals surface area (Å²) in [6, 6.07) is 0. The summed E-state index contributed by atoms with van der Waals surface area (Å²) in [5.74, 6) is -1.23. The molecular weight excluding hydrogens is 452 g/mol. The Morgan fingerprint density at radius 2 is 1.06 bits per heavy atom. The predicted molar refractivity (Wildman–Crippen MR) is 131 cm³/mol. The highest BCUT2D eigenvalue weighted by atomic mass is 16.6. The summed E-state index contributed by atoms with van der Waals surface area (Å²) in [6.45, 7) is 12.4. The number of carbonyl (C=O) groups is 2. The lowest BCUT2D eigenvalue weighted by molar-refractivity contribution is 0.00103. The van der Waals surface area contributed by atoms with Crippen molar-refractivity contribution in [2.45, 2.75) is 98.4 Å². The molecule has 0 saturated heterocycles. The van der Waals surface area contributed by atoms with Crippen LogP contribution in [-0.2, 0) is 54.8 Å². The number of methoxy groups -OCH3 is 2. The largest absolute Gasteiger partial charge is 0.456 e. The summed E-state index contributed by atoms with van der Waals surface area (Å²) in [5.41, 5.74) is 1.31. The summed E-state index contributed by atoms with van der Waals surface area (Å²) >= 11 is 0. The molecule has 2 heterocycles. The smallest absolute Gasteiger partial charge is 0.339 e. The van der Waals surface area contributed by atoms with Crippen LogP contribution in [0.15, 0.2) is 0 Å². The van der Waals surface area contributed by atoms with Crippen molar-refractivity contribution in [1.82, 2.24) is 0 Å². The molecule has 2 bridgehead atoms. The van der Waals surface area contributed by atoms with E-state index in [0.29, 0.717) is 24.3 Å². The van der Waals surface area contributed by atoms with Crippen LogP contribution < -0.4 is 0 Å². The van der Waals surface area contributed by atoms with Gasteiger partial charge in [-0.15, -0.1) is 0 Å². The number of ether oxygens (including phenoxy) is 6. The Labute approximate surface area is 209 Å². The highest BCUT2D eigenvalue weighted by Crippen LogP contribution is 2.34. The molecule has 2 aliphatic rings. The lowest BCUT2D eigenvalue weighted by Crippen LogP contribution is -2.31. The molecule has 35 heavy (non-hydrogen) atoms. The number of benzene rings is 1. The number of rotatable bonds is 6. The third kappa shape index (κ3) is 8.56. The van der Waals surface area contributed by atoms with E-state index >= 15 is 0 Å². The zero-order chi connectivity index (χ0) is 26.2. The van der Waals surface area contributed by atoms with E-state index in [4.69, 9.17) is 28.4 Å². The van der Waals surface area contributed by atoms with Crippen molar-refractivity contribution in [2.24, 2.45) is 0 Å². The van der Waals surface area contributed by atoms with Crippen molar-refractivity contribution in [3.05, 3.63) is 33.4 Å². The minimum absolute atomic E-state index is 0.126. The van der Waals surface area contributed by atoms with Gasteiger partial charge in [-0.1, -0.05) is 0 Å². The van der Waals surface area contributed by atoms with E-state index in [0.717, 1.165) is 30.4 Å². The van der Waals surface area contributed by atoms with Crippen LogP contribution in [0.5, 0.6) is 0 Å². The average molecular weight is 495 g/mol. The van der Waals surface area contributed by atoms with Gasteiger partial charge >= 0.3 is 11.9 Å². The Morgan fingerprint density at radius 1 is 0.686 bits per heavy atom. The van der Waals surface area contributed by atoms with Gasteiger partial charge in [0.25, 0.3) is 0 Å². The number of hydrogen-bond acceptors (Lipinski definition) is 8. The first-order valence-corrected chi connectivity index (χ1v) is 12.2. The van der Waals surface area contributed by atoms with Crippen LogP contribution in [-0.4, -0.2) is 50.6 Å². The molecule has 0 radical (unpaired) electrons. The molecule has 0 saturated carbocycles. The third-order valence-electron chi connectivity index (χ3n) is 5.30. The quantitative estimate of drug-likeness (QED) is 0.504. The van der Waals surface area contributed by atoms with E-state index in [1.54, 1.807) is 55.8 Å². The second-order valence-corrected chi connectivity index (χ2v) is 10.7. The fourth-order valence-corrected chi connectivity index (χ4v) is 3.97. The first-order chi connectivity index (χ1) is 16.4. The Kier molecular flexibility index (Phi) is 10.7. The number of carbonyl (C=O) groups excluding carboxylic acids is 2. The zero-order valence-electron chi connectivity index (χ0n) is 22.6. The third-order valence-corrected chi connectivity index (χ3v) is 5.30. The van der Waals surface area contributed by atoms with Gasteiger partial charge in [0.05, 0.1) is 37.6 Å². The van der Waals surface area contributed by atoms with E-state index in [1.807, 2.05) is 0 Å². The van der Waals surface area contributed by atoms with E-state index < -0.39 is 23.1 Å². The van der Waals surface area contributed by atoms with Crippen molar-refractivity contribution >= 4 is 11.9 Å². The Balaban J connectivity index is 2.94. The molecule has 1 aromatic rings. The van der Waals surface area contributed by atoms with Gasteiger partial charge in [-0.25, -0.2) is 9.59 Å². The lowest BCUT2D eigenvalue weighted by Gasteiger charge is -2.28. The highest BCUT2D eigenvalue weighted by Gasteiger charge is 2.35. The first-order valence-electron chi connectivity index (χ1n) is 12.2. The molecule has 0 aliphatic carbocycles. The Hall–Kier alpha value is -2.00. The summed E-state index contributed by atoms with van der Waals surface area (Å²) in [5, 5.41) is 0. The molecular formula is C27H42O8. The normalized spacial score (nSPS) is 15.7. The maximum Gasteiger partial charge on any atom is 0.339 e. The summed E-state index contributed by atoms with van der Waals surface area (Å²) in [4.78, 5) is 27.3. The van der Waals surface area contributed by atoms with Crippen molar-refractivity contribution in [3.8, 4) is 0 Å². The monoisotopic (exact) mass is 494 g/mol. The second kappa shape index (κ2) is 12.8. The van der Waals surface area contributed by atoms with Crippen LogP contribution in [0.25, 0.3) is 0 Å². The molecule has 3 rings (SSSR count). The molecule has 0 N–H and O–H groups in total. The number of esters is 2. The second-order valence-electron chi connectivity index (χ2n) is 10.7. The lowest BCUT2D eigenvalue weighted by atomic mass is 9.86. The molecule has 0 fully saturated rings. The van der Waals surface area contributed by atoms with E-state index in [1.165, 1.54) is 0 Å². The minimum Gasteiger partial charge on any atom is -0.456 e. The zero-order valence-corrected chi connectivity index (χ0v) is 22.6. The molecule has 198 valence electrons. The molecule has 0 amide bonds. The maximum absolute atomic E-state index is 13.7. The van der Waals surface area contributed by atoms with Gasteiger partial charge in [0.15, 0.2) is 0 Å². The van der Waals surface area contributed by atoms with E-state index in [-0.39, 0.29) is 37.6 Å². The fourth-order valence-electron chi connectivity index (χ4n) is 3.97. The fraction of sp³-hybridized carbons (Fsp3) is 0.704. The van der Waals surface area contributed by atoms with Gasteiger partial charge in [-0.3, -0.25) is 0 Å². The number of fused-ring (bicyclic) bond motifs is 10. The van der Waals surface area contributed by atoms with Crippen LogP contribution in [0.1, 0.15) is 104 Å². The predicted octanol–water partition coefficient (Wildman–Crippen LogP) is 5.11. The first kappa shape index (κ1) is 29.2. The van der Waals surface area contributed by atoms with Gasteiger partial charge in [0.1, 0.15) is 11.2 Å². The molecule has 0 atom stereocenters. The van der Waals surface area contributed by atoms with Gasteiger partial charge in [0.2, 0.25) is 0 Å². The molecule has 8 nitrogen and oxygen atoms in total. The Bertz CT molecular complexity index is 806. The van der Waals surface area contributed by atoms with Crippen LogP contribution in [0.4, 0.5) is 0 Å². The molecule has 1 aromatic carbocycles. The van der Waals surface area contributed by atoms with Crippen molar-refractivity contribution < 1.29 is 38.0 Å². The number of hydrogen-bond donors (Lipinski definition) is 0. The summed E-state index contributed by atoms with van der Waals surface area (Å²) in [6.07, 6.45) is 2.69. The SMILES string of the molecule is COCc1c(COC)c2c(C(=O)OC(C)(C)C)c(C(=O)OC(C)(C)C)c1COCCCCCOC2. The van der Waals surface area contributed by atoms with Gasteiger partial charge < -0.3 is 28.4 Å². The van der Waals surface area contributed by atoms with Crippen molar-refractivity contribution in [3.63, 3.8) is 0 Å². The van der Waals surface area contributed by atoms with Crippen LogP contribution in [0.3, 0.4) is 0 Å². The minimum atomic E-state index is -0.771. The van der Waals surface area contributed by atoms with E-state index in [9.17, 15) is 9.59 Å². The van der Waals surface area contributed by atoms with Crippen LogP contribution in [0, 0.1) is 0 Å². The average Bonchev–Trinajstić information content (AvgIpc) is 2.74. The Morgan fingerprint density at radius 3 is 1.37 bits per heavy atom. The molecule has 8 heteroatoms. The molecule has 0 unspecified atom stereocenters. The van der Waals surface area contributed by atoms with Gasteiger partial charge in [-0.2, -0.15) is 0 Å². The standard InChI is InChI=1S/C27H42O8/c1-26(2,3)34-24(28)22-20-16-32-12-10-9-11-13-33-17-21(19(15-31-8)18(20)14-30-7)23(22)25(29)35-27(4,5)6/h9-17H2,1-8H3. The van der Waals surface area contributed by atoms with Gasteiger partial charge in [-0.05, 0) is 83.1 Å². The van der Waals surface area contributed by atoms with Crippen LogP contribution in [0.2, 0.25) is 0 Å². The molecule has 0 spiro atoms. The van der Waals surface area contributed by atoms with E-state index in [2.05, 4.69) is 0 Å². The highest BCUT2D eigenvalue weighted by molar-refractivity contribution is 6.06. The summed E-state index contributed by atoms with van der Waals surface area (Å²) in [7, 11) is 3.17. The molecule has 0 aromatic heterocycles.